The van der Waals surface area contributed by atoms with Crippen molar-refractivity contribution >= 4 is 22.6 Å². The van der Waals surface area contributed by atoms with E-state index < -0.39 is 0 Å². The summed E-state index contributed by atoms with van der Waals surface area (Å²) in [6.07, 6.45) is 0.170. The van der Waals surface area contributed by atoms with Crippen LogP contribution in [0.5, 0.6) is 17.2 Å². The number of amides is 1. The lowest BCUT2D eigenvalue weighted by molar-refractivity contribution is -0.115. The van der Waals surface area contributed by atoms with Crippen LogP contribution in [0.2, 0.25) is 0 Å². The highest BCUT2D eigenvalue weighted by Crippen LogP contribution is 2.38. The second kappa shape index (κ2) is 9.01. The van der Waals surface area contributed by atoms with E-state index in [9.17, 15) is 4.79 Å². The fraction of sp³-hybridized carbons (Fsp3) is 0.200. The molecule has 1 heterocycles. The third kappa shape index (κ3) is 4.09. The summed E-state index contributed by atoms with van der Waals surface area (Å²) < 4.78 is 18.1. The number of nitrogens with one attached hydrogen (secondary N) is 1. The van der Waals surface area contributed by atoms with Crippen LogP contribution in [0, 0.1) is 0 Å². The average Bonchev–Trinajstić information content (AvgIpc) is 3.15. The molecule has 0 spiro atoms. The zero-order chi connectivity index (χ0) is 22.7. The summed E-state index contributed by atoms with van der Waals surface area (Å²) >= 11 is 0. The van der Waals surface area contributed by atoms with Crippen LogP contribution in [-0.4, -0.2) is 36.8 Å². The summed E-state index contributed by atoms with van der Waals surface area (Å²) in [6.45, 7) is 0. The number of hydrogen-bond acceptors (Lipinski definition) is 5. The molecule has 3 aromatic carbocycles. The molecule has 0 saturated heterocycles. The number of hydrogen-bond donors (Lipinski definition) is 1. The van der Waals surface area contributed by atoms with Crippen LogP contribution >= 0.6 is 0 Å². The van der Waals surface area contributed by atoms with Crippen LogP contribution in [0.4, 0.5) is 5.69 Å². The minimum atomic E-state index is -0.144. The lowest BCUT2D eigenvalue weighted by Crippen LogP contribution is -2.14. The summed E-state index contributed by atoms with van der Waals surface area (Å²) in [7, 11) is 6.64. The molecule has 0 fully saturated rings. The van der Waals surface area contributed by atoms with Gasteiger partial charge in [0.2, 0.25) is 11.7 Å². The van der Waals surface area contributed by atoms with Crippen molar-refractivity contribution in [3.05, 3.63) is 66.2 Å². The van der Waals surface area contributed by atoms with E-state index in [4.69, 9.17) is 19.2 Å². The SMILES string of the molecule is COc1cc(CC(=O)Nc2ccc(-c3nc4ccccc4n3C)cc2)cc(OC)c1OC. The summed E-state index contributed by atoms with van der Waals surface area (Å²) in [5, 5.41) is 2.93. The Kier molecular flexibility index (Phi) is 5.98. The molecular weight excluding hydrogens is 406 g/mol. The van der Waals surface area contributed by atoms with Gasteiger partial charge in [-0.2, -0.15) is 0 Å². The fourth-order valence-electron chi connectivity index (χ4n) is 3.73. The van der Waals surface area contributed by atoms with Crippen LogP contribution in [0.15, 0.2) is 60.7 Å². The van der Waals surface area contributed by atoms with Gasteiger partial charge < -0.3 is 24.1 Å². The van der Waals surface area contributed by atoms with Crippen molar-refractivity contribution in [3.63, 3.8) is 0 Å². The molecule has 4 aromatic rings. The average molecular weight is 431 g/mol. The van der Waals surface area contributed by atoms with Crippen molar-refractivity contribution in [2.24, 2.45) is 7.05 Å². The highest BCUT2D eigenvalue weighted by Gasteiger charge is 2.15. The minimum Gasteiger partial charge on any atom is -0.493 e. The zero-order valence-electron chi connectivity index (χ0n) is 18.5. The van der Waals surface area contributed by atoms with Crippen molar-refractivity contribution in [3.8, 4) is 28.6 Å². The Hall–Kier alpha value is -4.00. The number of carbonyl (C=O) groups is 1. The first kappa shape index (κ1) is 21.2. The first-order valence-corrected chi connectivity index (χ1v) is 10.1. The van der Waals surface area contributed by atoms with E-state index >= 15 is 0 Å². The number of imidazole rings is 1. The molecule has 0 unspecified atom stereocenters. The summed E-state index contributed by atoms with van der Waals surface area (Å²) in [6, 6.07) is 19.2. The van der Waals surface area contributed by atoms with E-state index in [2.05, 4.69) is 9.88 Å². The van der Waals surface area contributed by atoms with Gasteiger partial charge in [0, 0.05) is 18.3 Å². The zero-order valence-corrected chi connectivity index (χ0v) is 18.5. The van der Waals surface area contributed by atoms with Crippen LogP contribution < -0.4 is 19.5 Å². The molecule has 7 heteroatoms. The van der Waals surface area contributed by atoms with Crippen LogP contribution in [0.3, 0.4) is 0 Å². The Morgan fingerprint density at radius 1 is 0.938 bits per heavy atom. The lowest BCUT2D eigenvalue weighted by Gasteiger charge is -2.14. The molecular formula is C25H25N3O4. The smallest absolute Gasteiger partial charge is 0.228 e. The number of benzene rings is 3. The molecule has 0 bridgehead atoms. The van der Waals surface area contributed by atoms with Gasteiger partial charge in [0.05, 0.1) is 38.8 Å². The highest BCUT2D eigenvalue weighted by atomic mass is 16.5. The Bertz CT molecular complexity index is 1240. The van der Waals surface area contributed by atoms with E-state index in [1.54, 1.807) is 33.5 Å². The molecule has 0 atom stereocenters. The van der Waals surface area contributed by atoms with Crippen molar-refractivity contribution < 1.29 is 19.0 Å². The first-order valence-electron chi connectivity index (χ1n) is 10.1. The van der Waals surface area contributed by atoms with E-state index in [1.807, 2.05) is 55.6 Å². The molecule has 0 aliphatic heterocycles. The number of para-hydroxylation sites is 2. The molecule has 32 heavy (non-hydrogen) atoms. The number of nitrogens with zero attached hydrogens (tertiary/aromatic N) is 2. The molecule has 7 nitrogen and oxygen atoms in total. The second-order valence-corrected chi connectivity index (χ2v) is 7.32. The minimum absolute atomic E-state index is 0.144. The first-order chi connectivity index (χ1) is 15.5. The van der Waals surface area contributed by atoms with Gasteiger partial charge in [-0.15, -0.1) is 0 Å². The molecule has 1 amide bonds. The Morgan fingerprint density at radius 2 is 1.59 bits per heavy atom. The van der Waals surface area contributed by atoms with E-state index in [0.717, 1.165) is 28.0 Å². The number of carbonyl (C=O) groups excluding carboxylic acids is 1. The van der Waals surface area contributed by atoms with E-state index in [0.29, 0.717) is 22.9 Å². The van der Waals surface area contributed by atoms with Gasteiger partial charge in [-0.05, 0) is 54.1 Å². The largest absolute Gasteiger partial charge is 0.493 e. The molecule has 0 radical (unpaired) electrons. The maximum Gasteiger partial charge on any atom is 0.228 e. The van der Waals surface area contributed by atoms with Crippen LogP contribution in [-0.2, 0) is 18.3 Å². The summed E-state index contributed by atoms with van der Waals surface area (Å²) in [5.74, 6) is 2.26. The molecule has 0 aliphatic rings. The van der Waals surface area contributed by atoms with Crippen molar-refractivity contribution in [1.29, 1.82) is 0 Å². The Morgan fingerprint density at radius 3 is 2.19 bits per heavy atom. The van der Waals surface area contributed by atoms with Crippen LogP contribution in [0.25, 0.3) is 22.4 Å². The number of methoxy groups -OCH3 is 3. The quantitative estimate of drug-likeness (QED) is 0.468. The number of ether oxygens (including phenoxy) is 3. The van der Waals surface area contributed by atoms with Gasteiger partial charge in [0.25, 0.3) is 0 Å². The fourth-order valence-corrected chi connectivity index (χ4v) is 3.73. The van der Waals surface area contributed by atoms with Gasteiger partial charge in [-0.3, -0.25) is 4.79 Å². The van der Waals surface area contributed by atoms with Gasteiger partial charge in [-0.1, -0.05) is 12.1 Å². The molecule has 1 aromatic heterocycles. The highest BCUT2D eigenvalue weighted by molar-refractivity contribution is 5.92. The van der Waals surface area contributed by atoms with Gasteiger partial charge in [0.1, 0.15) is 5.82 Å². The topological polar surface area (TPSA) is 74.6 Å². The Balaban J connectivity index is 1.49. The second-order valence-electron chi connectivity index (χ2n) is 7.32. The Labute approximate surface area is 186 Å². The van der Waals surface area contributed by atoms with Crippen molar-refractivity contribution in [1.82, 2.24) is 9.55 Å². The van der Waals surface area contributed by atoms with Crippen molar-refractivity contribution in [2.45, 2.75) is 6.42 Å². The molecule has 164 valence electrons. The monoisotopic (exact) mass is 431 g/mol. The predicted molar refractivity (Wildman–Crippen MR) is 125 cm³/mol. The van der Waals surface area contributed by atoms with Gasteiger partial charge in [0.15, 0.2) is 11.5 Å². The maximum atomic E-state index is 12.6. The summed E-state index contributed by atoms with van der Waals surface area (Å²) in [4.78, 5) is 17.3. The van der Waals surface area contributed by atoms with E-state index in [1.165, 1.54) is 0 Å². The molecule has 0 saturated carbocycles. The molecule has 1 N–H and O–H groups in total. The van der Waals surface area contributed by atoms with E-state index in [-0.39, 0.29) is 12.3 Å². The van der Waals surface area contributed by atoms with Gasteiger partial charge in [-0.25, -0.2) is 4.98 Å². The summed E-state index contributed by atoms with van der Waals surface area (Å²) in [5.41, 5.74) is 4.47. The number of fused-ring (bicyclic) bond motifs is 1. The lowest BCUT2D eigenvalue weighted by atomic mass is 10.1. The van der Waals surface area contributed by atoms with Gasteiger partial charge >= 0.3 is 0 Å². The van der Waals surface area contributed by atoms with Crippen LogP contribution in [0.1, 0.15) is 5.56 Å². The number of aromatic nitrogens is 2. The third-order valence-electron chi connectivity index (χ3n) is 5.30. The van der Waals surface area contributed by atoms with Crippen molar-refractivity contribution in [2.75, 3.05) is 26.6 Å². The standard InChI is InChI=1S/C25H25N3O4/c1-28-20-8-6-5-7-19(20)27-25(28)17-9-11-18(12-10-17)26-23(29)15-16-13-21(30-2)24(32-4)22(14-16)31-3/h5-14H,15H2,1-4H3,(H,26,29). The number of aryl methyl sites for hydroxylation is 1. The number of rotatable bonds is 7. The number of anilines is 1. The predicted octanol–water partition coefficient (Wildman–Crippen LogP) is 4.45. The maximum absolute atomic E-state index is 12.6. The normalized spacial score (nSPS) is 10.8. The third-order valence-corrected chi connectivity index (χ3v) is 5.30. The molecule has 4 rings (SSSR count). The molecule has 0 aliphatic carbocycles.